The fourth-order valence-corrected chi connectivity index (χ4v) is 3.25. The summed E-state index contributed by atoms with van der Waals surface area (Å²) in [5.74, 6) is -0.212. The molecule has 0 aromatic carbocycles. The Morgan fingerprint density at radius 3 is 2.67 bits per heavy atom. The zero-order valence-electron chi connectivity index (χ0n) is 13.8. The van der Waals surface area contributed by atoms with Gasteiger partial charge >= 0.3 is 5.97 Å². The first kappa shape index (κ1) is 16.7. The van der Waals surface area contributed by atoms with Crippen molar-refractivity contribution in [3.8, 4) is 0 Å². The van der Waals surface area contributed by atoms with Crippen LogP contribution in [-0.2, 0) is 9.53 Å². The van der Waals surface area contributed by atoms with E-state index in [4.69, 9.17) is 9.84 Å². The summed E-state index contributed by atoms with van der Waals surface area (Å²) in [7, 11) is 0. The van der Waals surface area contributed by atoms with Crippen molar-refractivity contribution in [2.24, 2.45) is 0 Å². The van der Waals surface area contributed by atoms with Gasteiger partial charge in [-0.1, -0.05) is 0 Å². The summed E-state index contributed by atoms with van der Waals surface area (Å²) in [5, 5.41) is 12.0. The Kier molecular flexibility index (Phi) is 4.71. The Bertz CT molecular complexity index is 603. The van der Waals surface area contributed by atoms with Gasteiger partial charge in [0.25, 0.3) is 5.91 Å². The van der Waals surface area contributed by atoms with Gasteiger partial charge in [0.05, 0.1) is 5.56 Å². The van der Waals surface area contributed by atoms with Crippen LogP contribution in [0.3, 0.4) is 0 Å². The first-order valence-electron chi connectivity index (χ1n) is 8.37. The molecule has 3 rings (SSSR count). The molecule has 1 aromatic rings. The summed E-state index contributed by atoms with van der Waals surface area (Å²) in [5.41, 5.74) is -0.489. The van der Waals surface area contributed by atoms with Gasteiger partial charge < -0.3 is 20.1 Å². The largest absolute Gasteiger partial charge is 0.478 e. The molecule has 3 heterocycles. The van der Waals surface area contributed by atoms with Crippen molar-refractivity contribution in [3.63, 3.8) is 0 Å². The fraction of sp³-hybridized carbons (Fsp3) is 0.588. The molecule has 2 aliphatic rings. The molecule has 0 radical (unpaired) electrons. The Labute approximate surface area is 141 Å². The topological polar surface area (TPSA) is 91.8 Å². The smallest absolute Gasteiger partial charge is 0.337 e. The van der Waals surface area contributed by atoms with Crippen molar-refractivity contribution in [1.29, 1.82) is 0 Å². The van der Waals surface area contributed by atoms with Gasteiger partial charge in [0.15, 0.2) is 0 Å². The molecule has 1 amide bonds. The lowest BCUT2D eigenvalue weighted by molar-refractivity contribution is -0.140. The van der Waals surface area contributed by atoms with Gasteiger partial charge in [-0.05, 0) is 44.7 Å². The van der Waals surface area contributed by atoms with Crippen LogP contribution in [0.25, 0.3) is 0 Å². The minimum atomic E-state index is -0.974. The normalized spacial score (nSPS) is 24.8. The van der Waals surface area contributed by atoms with Gasteiger partial charge in [-0.2, -0.15) is 0 Å². The number of pyridine rings is 1. The van der Waals surface area contributed by atoms with E-state index < -0.39 is 11.6 Å². The summed E-state index contributed by atoms with van der Waals surface area (Å²) in [6, 6.07) is 3.44. The van der Waals surface area contributed by atoms with Crippen molar-refractivity contribution < 1.29 is 19.4 Å². The van der Waals surface area contributed by atoms with E-state index in [0.717, 1.165) is 44.6 Å². The number of anilines is 1. The van der Waals surface area contributed by atoms with Crippen molar-refractivity contribution in [1.82, 2.24) is 10.3 Å². The zero-order chi connectivity index (χ0) is 17.2. The van der Waals surface area contributed by atoms with E-state index in [-0.39, 0.29) is 17.5 Å². The third-order valence-electron chi connectivity index (χ3n) is 4.85. The standard InChI is InChI=1S/C17H23N3O4/c1-17(7-2-10-24-17)16(23)19-13-5-8-20(9-6-13)14-4-3-12(11-18-14)15(21)22/h3-4,11,13H,2,5-10H2,1H3,(H,19,23)(H,21,22). The molecule has 2 aliphatic heterocycles. The molecule has 0 bridgehead atoms. The third-order valence-corrected chi connectivity index (χ3v) is 4.85. The van der Waals surface area contributed by atoms with Gasteiger partial charge in [0, 0.05) is 31.9 Å². The van der Waals surface area contributed by atoms with Crippen LogP contribution in [0.2, 0.25) is 0 Å². The van der Waals surface area contributed by atoms with E-state index in [0.29, 0.717) is 6.61 Å². The molecule has 0 aliphatic carbocycles. The highest BCUT2D eigenvalue weighted by molar-refractivity contribution is 5.87. The number of carboxylic acids is 1. The van der Waals surface area contributed by atoms with Gasteiger partial charge in [-0.3, -0.25) is 4.79 Å². The number of rotatable bonds is 4. The number of nitrogens with zero attached hydrogens (tertiary/aromatic N) is 2. The van der Waals surface area contributed by atoms with Crippen LogP contribution in [0.1, 0.15) is 43.0 Å². The fourth-order valence-electron chi connectivity index (χ4n) is 3.25. The number of hydrogen-bond donors (Lipinski definition) is 2. The highest BCUT2D eigenvalue weighted by Gasteiger charge is 2.38. The molecule has 24 heavy (non-hydrogen) atoms. The Morgan fingerprint density at radius 2 is 2.12 bits per heavy atom. The molecule has 0 saturated carbocycles. The van der Waals surface area contributed by atoms with Crippen LogP contribution in [0.15, 0.2) is 18.3 Å². The maximum absolute atomic E-state index is 12.4. The molecule has 1 atom stereocenters. The van der Waals surface area contributed by atoms with Gasteiger partial charge in [0.1, 0.15) is 11.4 Å². The zero-order valence-corrected chi connectivity index (χ0v) is 13.8. The molecule has 2 fully saturated rings. The van der Waals surface area contributed by atoms with E-state index in [1.54, 1.807) is 12.1 Å². The number of aromatic nitrogens is 1. The van der Waals surface area contributed by atoms with Crippen LogP contribution in [-0.4, -0.2) is 53.3 Å². The maximum atomic E-state index is 12.4. The minimum Gasteiger partial charge on any atom is -0.478 e. The second-order valence-electron chi connectivity index (χ2n) is 6.63. The van der Waals surface area contributed by atoms with Crippen LogP contribution in [0, 0.1) is 0 Å². The van der Waals surface area contributed by atoms with Gasteiger partial charge in [-0.15, -0.1) is 0 Å². The second kappa shape index (κ2) is 6.76. The summed E-state index contributed by atoms with van der Waals surface area (Å²) >= 11 is 0. The Morgan fingerprint density at radius 1 is 1.38 bits per heavy atom. The predicted octanol–water partition coefficient (Wildman–Crippen LogP) is 1.43. The lowest BCUT2D eigenvalue weighted by atomic mass is 9.99. The molecule has 7 heteroatoms. The number of carboxylic acid groups (broad SMARTS) is 1. The summed E-state index contributed by atoms with van der Waals surface area (Å²) in [6.07, 6.45) is 4.76. The van der Waals surface area contributed by atoms with Gasteiger partial charge in [0.2, 0.25) is 0 Å². The van der Waals surface area contributed by atoms with Gasteiger partial charge in [-0.25, -0.2) is 9.78 Å². The summed E-state index contributed by atoms with van der Waals surface area (Å²) in [6.45, 7) is 4.07. The van der Waals surface area contributed by atoms with E-state index >= 15 is 0 Å². The quantitative estimate of drug-likeness (QED) is 0.866. The molecule has 0 spiro atoms. The number of carbonyl (C=O) groups excluding carboxylic acids is 1. The van der Waals surface area contributed by atoms with Crippen LogP contribution >= 0.6 is 0 Å². The number of hydrogen-bond acceptors (Lipinski definition) is 5. The second-order valence-corrected chi connectivity index (χ2v) is 6.63. The molecule has 1 aromatic heterocycles. The third kappa shape index (κ3) is 3.51. The minimum absolute atomic E-state index is 0.0117. The summed E-state index contributed by atoms with van der Waals surface area (Å²) in [4.78, 5) is 29.6. The van der Waals surface area contributed by atoms with Crippen LogP contribution in [0.5, 0.6) is 0 Å². The Balaban J connectivity index is 1.52. The Hall–Kier alpha value is -2.15. The van der Waals surface area contributed by atoms with Crippen molar-refractivity contribution in [2.75, 3.05) is 24.6 Å². The van der Waals surface area contributed by atoms with E-state index in [2.05, 4.69) is 15.2 Å². The number of nitrogens with one attached hydrogen (secondary N) is 1. The van der Waals surface area contributed by atoms with Crippen molar-refractivity contribution in [3.05, 3.63) is 23.9 Å². The monoisotopic (exact) mass is 333 g/mol. The highest BCUT2D eigenvalue weighted by Crippen LogP contribution is 2.26. The van der Waals surface area contributed by atoms with E-state index in [9.17, 15) is 9.59 Å². The SMILES string of the molecule is CC1(C(=O)NC2CCN(c3ccc(C(=O)O)cn3)CC2)CCCO1. The molecule has 1 unspecified atom stereocenters. The summed E-state index contributed by atoms with van der Waals surface area (Å²) < 4.78 is 5.58. The first-order chi connectivity index (χ1) is 11.5. The lowest BCUT2D eigenvalue weighted by Crippen LogP contribution is -2.51. The highest BCUT2D eigenvalue weighted by atomic mass is 16.5. The molecule has 130 valence electrons. The number of amides is 1. The lowest BCUT2D eigenvalue weighted by Gasteiger charge is -2.34. The molecular formula is C17H23N3O4. The molecular weight excluding hydrogens is 310 g/mol. The molecule has 2 saturated heterocycles. The molecule has 7 nitrogen and oxygen atoms in total. The number of ether oxygens (including phenoxy) is 1. The number of piperidine rings is 1. The average Bonchev–Trinajstić information content (AvgIpc) is 3.04. The first-order valence-corrected chi connectivity index (χ1v) is 8.37. The van der Waals surface area contributed by atoms with E-state index in [1.807, 2.05) is 6.92 Å². The van der Waals surface area contributed by atoms with Crippen LogP contribution in [0.4, 0.5) is 5.82 Å². The average molecular weight is 333 g/mol. The predicted molar refractivity (Wildman–Crippen MR) is 88.2 cm³/mol. The molecule has 2 N–H and O–H groups in total. The van der Waals surface area contributed by atoms with Crippen LogP contribution < -0.4 is 10.2 Å². The van der Waals surface area contributed by atoms with Crippen molar-refractivity contribution in [2.45, 2.75) is 44.2 Å². The number of carbonyl (C=O) groups is 2. The van der Waals surface area contributed by atoms with Crippen molar-refractivity contribution >= 4 is 17.7 Å². The number of aromatic carboxylic acids is 1. The maximum Gasteiger partial charge on any atom is 0.337 e. The van der Waals surface area contributed by atoms with E-state index in [1.165, 1.54) is 6.20 Å².